The van der Waals surface area contributed by atoms with Crippen LogP contribution < -0.4 is 19.9 Å². The normalized spacial score (nSPS) is 11.2. The van der Waals surface area contributed by atoms with Gasteiger partial charge in [0.1, 0.15) is 5.75 Å². The lowest BCUT2D eigenvalue weighted by Gasteiger charge is -2.14. The first-order valence-electron chi connectivity index (χ1n) is 6.97. The highest BCUT2D eigenvalue weighted by molar-refractivity contribution is 5.82. The molecule has 0 aromatic heterocycles. The lowest BCUT2D eigenvalue weighted by molar-refractivity contribution is 0.355. The second-order valence-corrected chi connectivity index (χ2v) is 4.73. The first-order valence-corrected chi connectivity index (χ1v) is 6.97. The first-order chi connectivity index (χ1) is 10.6. The molecule has 0 unspecified atom stereocenters. The molecule has 0 aliphatic heterocycles. The Morgan fingerprint density at radius 2 is 1.36 bits per heavy atom. The highest BCUT2D eigenvalue weighted by Crippen LogP contribution is 2.34. The Balaban J connectivity index is 2.49. The van der Waals surface area contributed by atoms with Gasteiger partial charge >= 0.3 is 0 Å². The third-order valence-electron chi connectivity index (χ3n) is 3.53. The summed E-state index contributed by atoms with van der Waals surface area (Å²) < 4.78 is 16.0. The third kappa shape index (κ3) is 3.01. The molecule has 116 valence electrons. The van der Waals surface area contributed by atoms with Crippen molar-refractivity contribution < 1.29 is 14.2 Å². The van der Waals surface area contributed by atoms with Crippen LogP contribution in [0.4, 0.5) is 5.69 Å². The molecule has 0 fully saturated rings. The predicted octanol–water partition coefficient (Wildman–Crippen LogP) is 3.75. The van der Waals surface area contributed by atoms with E-state index in [-0.39, 0.29) is 0 Å². The fourth-order valence-corrected chi connectivity index (χ4v) is 2.38. The summed E-state index contributed by atoms with van der Waals surface area (Å²) in [6, 6.07) is 11.6. The largest absolute Gasteiger partial charge is 0.495 e. The number of hydrogen-bond donors (Lipinski definition) is 1. The van der Waals surface area contributed by atoms with E-state index in [0.717, 1.165) is 16.7 Å². The van der Waals surface area contributed by atoms with E-state index in [1.54, 1.807) is 21.3 Å². The average molecular weight is 299 g/mol. The fourth-order valence-electron chi connectivity index (χ4n) is 2.38. The SMILES string of the molecule is CC=C(c1ccc(N)c(OC)c1)c1ccc(OC)c(OC)c1. The first kappa shape index (κ1) is 15.8. The highest BCUT2D eigenvalue weighted by Gasteiger charge is 2.11. The van der Waals surface area contributed by atoms with E-state index < -0.39 is 0 Å². The van der Waals surface area contributed by atoms with Crippen LogP contribution >= 0.6 is 0 Å². The summed E-state index contributed by atoms with van der Waals surface area (Å²) in [6.45, 7) is 1.99. The molecular formula is C18H21NO3. The van der Waals surface area contributed by atoms with Crippen molar-refractivity contribution in [2.45, 2.75) is 6.92 Å². The van der Waals surface area contributed by atoms with E-state index in [9.17, 15) is 0 Å². The van der Waals surface area contributed by atoms with Gasteiger partial charge in [0.25, 0.3) is 0 Å². The maximum atomic E-state index is 5.88. The van der Waals surface area contributed by atoms with Crippen molar-refractivity contribution >= 4 is 11.3 Å². The van der Waals surface area contributed by atoms with E-state index in [1.165, 1.54) is 0 Å². The van der Waals surface area contributed by atoms with Gasteiger partial charge in [-0.1, -0.05) is 18.2 Å². The van der Waals surface area contributed by atoms with E-state index >= 15 is 0 Å². The summed E-state index contributed by atoms with van der Waals surface area (Å²) in [4.78, 5) is 0. The number of nitrogens with two attached hydrogens (primary N) is 1. The van der Waals surface area contributed by atoms with Gasteiger partial charge in [0.2, 0.25) is 0 Å². The summed E-state index contributed by atoms with van der Waals surface area (Å²) in [7, 11) is 4.86. The van der Waals surface area contributed by atoms with Gasteiger partial charge in [0.05, 0.1) is 27.0 Å². The molecule has 4 heteroatoms. The van der Waals surface area contributed by atoms with Gasteiger partial charge in [0.15, 0.2) is 11.5 Å². The van der Waals surface area contributed by atoms with E-state index in [0.29, 0.717) is 22.9 Å². The Morgan fingerprint density at radius 3 is 1.91 bits per heavy atom. The van der Waals surface area contributed by atoms with Crippen LogP contribution in [0, 0.1) is 0 Å². The Bertz CT molecular complexity index is 693. The fraction of sp³-hybridized carbons (Fsp3) is 0.222. The minimum Gasteiger partial charge on any atom is -0.495 e. The molecule has 0 spiro atoms. The van der Waals surface area contributed by atoms with Crippen molar-refractivity contribution in [1.82, 2.24) is 0 Å². The number of methoxy groups -OCH3 is 3. The smallest absolute Gasteiger partial charge is 0.161 e. The number of nitrogen functional groups attached to an aromatic ring is 1. The number of allylic oxidation sites excluding steroid dienone is 1. The monoisotopic (exact) mass is 299 g/mol. The van der Waals surface area contributed by atoms with E-state index in [2.05, 4.69) is 0 Å². The van der Waals surface area contributed by atoms with Gasteiger partial charge in [-0.3, -0.25) is 0 Å². The Morgan fingerprint density at radius 1 is 0.818 bits per heavy atom. The zero-order chi connectivity index (χ0) is 16.1. The standard InChI is InChI=1S/C18H21NO3/c1-5-14(12-6-8-15(19)17(10-12)21-3)13-7-9-16(20-2)18(11-13)22-4/h5-11H,19H2,1-4H3. The molecule has 0 saturated heterocycles. The van der Waals surface area contributed by atoms with Crippen LogP contribution in [0.15, 0.2) is 42.5 Å². The molecule has 0 bridgehead atoms. The minimum absolute atomic E-state index is 0.619. The number of hydrogen-bond acceptors (Lipinski definition) is 4. The van der Waals surface area contributed by atoms with E-state index in [4.69, 9.17) is 19.9 Å². The molecule has 0 amide bonds. The van der Waals surface area contributed by atoms with Crippen molar-refractivity contribution in [3.63, 3.8) is 0 Å². The Hall–Kier alpha value is -2.62. The Labute approximate surface area is 131 Å². The van der Waals surface area contributed by atoms with Gasteiger partial charge < -0.3 is 19.9 Å². The topological polar surface area (TPSA) is 53.7 Å². The maximum absolute atomic E-state index is 5.88. The lowest BCUT2D eigenvalue weighted by Crippen LogP contribution is -1.96. The molecule has 0 radical (unpaired) electrons. The van der Waals surface area contributed by atoms with Crippen molar-refractivity contribution in [3.8, 4) is 17.2 Å². The molecule has 2 aromatic rings. The van der Waals surface area contributed by atoms with Gasteiger partial charge in [-0.2, -0.15) is 0 Å². The van der Waals surface area contributed by atoms with Crippen LogP contribution in [-0.2, 0) is 0 Å². The third-order valence-corrected chi connectivity index (χ3v) is 3.53. The minimum atomic E-state index is 0.619. The molecule has 0 atom stereocenters. The summed E-state index contributed by atoms with van der Waals surface area (Å²) >= 11 is 0. The molecule has 0 heterocycles. The van der Waals surface area contributed by atoms with Gasteiger partial charge in [-0.25, -0.2) is 0 Å². The molecule has 2 aromatic carbocycles. The second kappa shape index (κ2) is 6.89. The second-order valence-electron chi connectivity index (χ2n) is 4.73. The van der Waals surface area contributed by atoms with Crippen LogP contribution in [0.1, 0.15) is 18.1 Å². The number of rotatable bonds is 5. The van der Waals surface area contributed by atoms with Gasteiger partial charge in [0, 0.05) is 0 Å². The van der Waals surface area contributed by atoms with E-state index in [1.807, 2.05) is 49.4 Å². The van der Waals surface area contributed by atoms with Crippen LogP contribution in [0.2, 0.25) is 0 Å². The molecule has 0 aliphatic rings. The molecule has 0 aliphatic carbocycles. The predicted molar refractivity (Wildman–Crippen MR) is 89.7 cm³/mol. The number of anilines is 1. The van der Waals surface area contributed by atoms with Gasteiger partial charge in [-0.15, -0.1) is 0 Å². The van der Waals surface area contributed by atoms with Gasteiger partial charge in [-0.05, 0) is 47.9 Å². The van der Waals surface area contributed by atoms with Crippen LogP contribution in [0.3, 0.4) is 0 Å². The van der Waals surface area contributed by atoms with Crippen LogP contribution in [0.5, 0.6) is 17.2 Å². The lowest BCUT2D eigenvalue weighted by atomic mass is 9.97. The zero-order valence-corrected chi connectivity index (χ0v) is 13.3. The van der Waals surface area contributed by atoms with Crippen molar-refractivity contribution in [2.75, 3.05) is 27.1 Å². The molecular weight excluding hydrogens is 278 g/mol. The summed E-state index contributed by atoms with van der Waals surface area (Å²) in [5, 5.41) is 0. The average Bonchev–Trinajstić information content (AvgIpc) is 2.56. The van der Waals surface area contributed by atoms with Crippen molar-refractivity contribution in [2.24, 2.45) is 0 Å². The molecule has 22 heavy (non-hydrogen) atoms. The van der Waals surface area contributed by atoms with Crippen molar-refractivity contribution in [1.29, 1.82) is 0 Å². The highest BCUT2D eigenvalue weighted by atomic mass is 16.5. The molecule has 0 saturated carbocycles. The zero-order valence-electron chi connectivity index (χ0n) is 13.3. The molecule has 2 rings (SSSR count). The summed E-state index contributed by atoms with van der Waals surface area (Å²) in [5.74, 6) is 2.07. The Kier molecular flexibility index (Phi) is 4.94. The number of ether oxygens (including phenoxy) is 3. The van der Waals surface area contributed by atoms with Crippen LogP contribution in [0.25, 0.3) is 5.57 Å². The number of benzene rings is 2. The summed E-state index contributed by atoms with van der Waals surface area (Å²) in [5.41, 5.74) is 9.63. The quantitative estimate of drug-likeness (QED) is 0.854. The van der Waals surface area contributed by atoms with Crippen LogP contribution in [-0.4, -0.2) is 21.3 Å². The molecule has 2 N–H and O–H groups in total. The maximum Gasteiger partial charge on any atom is 0.161 e. The van der Waals surface area contributed by atoms with Crippen molar-refractivity contribution in [3.05, 3.63) is 53.6 Å². The molecule has 4 nitrogen and oxygen atoms in total. The summed E-state index contributed by atoms with van der Waals surface area (Å²) in [6.07, 6.45) is 2.05.